The van der Waals surface area contributed by atoms with Gasteiger partial charge in [0.05, 0.1) is 29.3 Å². The van der Waals surface area contributed by atoms with E-state index in [4.69, 9.17) is 5.73 Å². The summed E-state index contributed by atoms with van der Waals surface area (Å²) in [6.45, 7) is 0. The molecule has 5 nitrogen and oxygen atoms in total. The molecule has 0 bridgehead atoms. The SMILES string of the molecule is Nc1cccc(F)c1Nc1cncc(Nc2ccc(C(F)(F)F)cc2)n1. The summed E-state index contributed by atoms with van der Waals surface area (Å²) >= 11 is 0. The molecule has 9 heteroatoms. The quantitative estimate of drug-likeness (QED) is 0.463. The highest BCUT2D eigenvalue weighted by molar-refractivity contribution is 5.72. The maximum atomic E-state index is 13.8. The van der Waals surface area contributed by atoms with Gasteiger partial charge < -0.3 is 16.4 Å². The molecular formula is C17H13F4N5. The first kappa shape index (κ1) is 17.5. The summed E-state index contributed by atoms with van der Waals surface area (Å²) in [6, 6.07) is 8.72. The molecule has 0 atom stereocenters. The zero-order chi connectivity index (χ0) is 18.7. The Hall–Kier alpha value is -3.36. The Morgan fingerprint density at radius 2 is 1.54 bits per heavy atom. The van der Waals surface area contributed by atoms with Crippen molar-refractivity contribution in [2.45, 2.75) is 6.18 Å². The number of benzene rings is 2. The second-order valence-electron chi connectivity index (χ2n) is 5.32. The van der Waals surface area contributed by atoms with Crippen LogP contribution in [0.1, 0.15) is 5.56 Å². The Labute approximate surface area is 145 Å². The molecular weight excluding hydrogens is 350 g/mol. The van der Waals surface area contributed by atoms with Gasteiger partial charge in [-0.25, -0.2) is 9.37 Å². The van der Waals surface area contributed by atoms with Crippen molar-refractivity contribution in [3.8, 4) is 0 Å². The average molecular weight is 363 g/mol. The van der Waals surface area contributed by atoms with Gasteiger partial charge >= 0.3 is 6.18 Å². The maximum Gasteiger partial charge on any atom is 0.416 e. The lowest BCUT2D eigenvalue weighted by atomic mass is 10.2. The van der Waals surface area contributed by atoms with E-state index >= 15 is 0 Å². The average Bonchev–Trinajstić information content (AvgIpc) is 2.58. The van der Waals surface area contributed by atoms with Crippen molar-refractivity contribution in [3.63, 3.8) is 0 Å². The van der Waals surface area contributed by atoms with Crippen LogP contribution < -0.4 is 16.4 Å². The summed E-state index contributed by atoms with van der Waals surface area (Å²) in [6.07, 6.45) is -1.65. The molecule has 0 saturated heterocycles. The first-order valence-corrected chi connectivity index (χ1v) is 7.40. The number of halogens is 4. The van der Waals surface area contributed by atoms with Gasteiger partial charge in [-0.15, -0.1) is 0 Å². The van der Waals surface area contributed by atoms with Crippen LogP contribution in [-0.2, 0) is 6.18 Å². The lowest BCUT2D eigenvalue weighted by Crippen LogP contribution is -2.05. The number of para-hydroxylation sites is 1. The smallest absolute Gasteiger partial charge is 0.397 e. The van der Waals surface area contributed by atoms with Crippen LogP contribution in [0.15, 0.2) is 54.9 Å². The van der Waals surface area contributed by atoms with Crippen LogP contribution in [-0.4, -0.2) is 9.97 Å². The monoisotopic (exact) mass is 363 g/mol. The molecule has 0 fully saturated rings. The highest BCUT2D eigenvalue weighted by atomic mass is 19.4. The number of hydrogen-bond donors (Lipinski definition) is 3. The molecule has 4 N–H and O–H groups in total. The number of hydrogen-bond acceptors (Lipinski definition) is 5. The molecule has 2 aromatic carbocycles. The van der Waals surface area contributed by atoms with Gasteiger partial charge in [0, 0.05) is 5.69 Å². The largest absolute Gasteiger partial charge is 0.416 e. The Balaban J connectivity index is 1.77. The van der Waals surface area contributed by atoms with E-state index in [1.807, 2.05) is 0 Å². The van der Waals surface area contributed by atoms with Crippen LogP contribution in [0.5, 0.6) is 0 Å². The van der Waals surface area contributed by atoms with Crippen molar-refractivity contribution in [1.82, 2.24) is 9.97 Å². The molecule has 3 rings (SSSR count). The Morgan fingerprint density at radius 1 is 0.885 bits per heavy atom. The minimum atomic E-state index is -4.40. The molecule has 0 spiro atoms. The van der Waals surface area contributed by atoms with Gasteiger partial charge in [-0.3, -0.25) is 4.98 Å². The summed E-state index contributed by atoms with van der Waals surface area (Å²) < 4.78 is 51.6. The third-order valence-electron chi connectivity index (χ3n) is 3.42. The molecule has 0 aliphatic rings. The van der Waals surface area contributed by atoms with Gasteiger partial charge in [0.15, 0.2) is 11.6 Å². The van der Waals surface area contributed by atoms with E-state index in [2.05, 4.69) is 20.6 Å². The molecule has 134 valence electrons. The van der Waals surface area contributed by atoms with E-state index in [-0.39, 0.29) is 23.0 Å². The minimum absolute atomic E-state index is 0.0634. The number of anilines is 5. The molecule has 1 heterocycles. The van der Waals surface area contributed by atoms with E-state index in [1.54, 1.807) is 0 Å². The molecule has 0 amide bonds. The second kappa shape index (κ2) is 6.87. The first-order valence-electron chi connectivity index (χ1n) is 7.40. The minimum Gasteiger partial charge on any atom is -0.397 e. The number of aromatic nitrogens is 2. The van der Waals surface area contributed by atoms with E-state index in [0.29, 0.717) is 5.69 Å². The van der Waals surface area contributed by atoms with Gasteiger partial charge in [-0.05, 0) is 36.4 Å². The fourth-order valence-corrected chi connectivity index (χ4v) is 2.18. The first-order chi connectivity index (χ1) is 12.3. The number of nitrogens with two attached hydrogens (primary N) is 1. The zero-order valence-corrected chi connectivity index (χ0v) is 13.2. The van der Waals surface area contributed by atoms with Gasteiger partial charge in [0.2, 0.25) is 0 Å². The number of nitrogens with zero attached hydrogens (tertiary/aromatic N) is 2. The fourth-order valence-electron chi connectivity index (χ4n) is 2.18. The molecule has 0 aliphatic heterocycles. The predicted molar refractivity (Wildman–Crippen MR) is 90.9 cm³/mol. The van der Waals surface area contributed by atoms with Gasteiger partial charge in [-0.2, -0.15) is 13.2 Å². The molecule has 0 aliphatic carbocycles. The van der Waals surface area contributed by atoms with Crippen LogP contribution in [0.3, 0.4) is 0 Å². The Morgan fingerprint density at radius 3 is 2.15 bits per heavy atom. The number of rotatable bonds is 4. The van der Waals surface area contributed by atoms with Gasteiger partial charge in [0.1, 0.15) is 5.82 Å². The highest BCUT2D eigenvalue weighted by Gasteiger charge is 2.29. The van der Waals surface area contributed by atoms with Crippen molar-refractivity contribution >= 4 is 28.7 Å². The van der Waals surface area contributed by atoms with Crippen LogP contribution in [0.25, 0.3) is 0 Å². The lowest BCUT2D eigenvalue weighted by molar-refractivity contribution is -0.137. The molecule has 26 heavy (non-hydrogen) atoms. The molecule has 1 aromatic heterocycles. The van der Waals surface area contributed by atoms with E-state index in [9.17, 15) is 17.6 Å². The molecule has 0 saturated carbocycles. The van der Waals surface area contributed by atoms with Crippen LogP contribution in [0.4, 0.5) is 46.3 Å². The predicted octanol–water partition coefficient (Wildman–Crippen LogP) is 4.70. The van der Waals surface area contributed by atoms with Gasteiger partial charge in [-0.1, -0.05) is 6.07 Å². The third kappa shape index (κ3) is 4.00. The normalized spacial score (nSPS) is 11.2. The second-order valence-corrected chi connectivity index (χ2v) is 5.32. The van der Waals surface area contributed by atoms with Crippen LogP contribution >= 0.6 is 0 Å². The maximum absolute atomic E-state index is 13.8. The zero-order valence-electron chi connectivity index (χ0n) is 13.2. The van der Waals surface area contributed by atoms with Gasteiger partial charge in [0.25, 0.3) is 0 Å². The van der Waals surface area contributed by atoms with E-state index in [0.717, 1.165) is 12.1 Å². The lowest BCUT2D eigenvalue weighted by Gasteiger charge is -2.11. The molecule has 0 unspecified atom stereocenters. The summed E-state index contributed by atoms with van der Waals surface area (Å²) in [4.78, 5) is 8.15. The summed E-state index contributed by atoms with van der Waals surface area (Å²) in [5.41, 5.74) is 5.63. The van der Waals surface area contributed by atoms with E-state index < -0.39 is 17.6 Å². The van der Waals surface area contributed by atoms with Crippen molar-refractivity contribution < 1.29 is 17.6 Å². The fraction of sp³-hybridized carbons (Fsp3) is 0.0588. The summed E-state index contributed by atoms with van der Waals surface area (Å²) in [7, 11) is 0. The van der Waals surface area contributed by atoms with E-state index in [1.165, 1.54) is 42.7 Å². The van der Waals surface area contributed by atoms with Crippen LogP contribution in [0.2, 0.25) is 0 Å². The van der Waals surface area contributed by atoms with Crippen molar-refractivity contribution in [1.29, 1.82) is 0 Å². The highest BCUT2D eigenvalue weighted by Crippen LogP contribution is 2.30. The summed E-state index contributed by atoms with van der Waals surface area (Å²) in [5.74, 6) is -0.0590. The Kier molecular flexibility index (Phi) is 4.61. The Bertz CT molecular complexity index is 890. The van der Waals surface area contributed by atoms with Crippen molar-refractivity contribution in [2.24, 2.45) is 0 Å². The number of nitrogens with one attached hydrogen (secondary N) is 2. The topological polar surface area (TPSA) is 75.9 Å². The standard InChI is InChI=1S/C17H13F4N5/c18-12-2-1-3-13(22)16(12)26-15-9-23-8-14(25-15)24-11-6-4-10(5-7-11)17(19,20)21/h1-9H,22H2,(H2,24,25,26). The van der Waals surface area contributed by atoms with Crippen molar-refractivity contribution in [2.75, 3.05) is 16.4 Å². The molecule has 0 radical (unpaired) electrons. The van der Waals surface area contributed by atoms with Crippen molar-refractivity contribution in [3.05, 3.63) is 66.2 Å². The number of nitrogen functional groups attached to an aromatic ring is 1. The summed E-state index contributed by atoms with van der Waals surface area (Å²) in [5, 5.41) is 5.57. The third-order valence-corrected chi connectivity index (χ3v) is 3.42. The molecule has 3 aromatic rings. The van der Waals surface area contributed by atoms with Crippen LogP contribution in [0, 0.1) is 5.82 Å². The number of alkyl halides is 3.